The Hall–Kier alpha value is -6.45. The third kappa shape index (κ3) is 4.11. The van der Waals surface area contributed by atoms with E-state index in [-0.39, 0.29) is 0 Å². The van der Waals surface area contributed by atoms with Crippen LogP contribution in [0.4, 0.5) is 17.1 Å². The van der Waals surface area contributed by atoms with E-state index in [2.05, 4.69) is 144 Å². The Kier molecular flexibility index (Phi) is 5.87. The van der Waals surface area contributed by atoms with E-state index in [1.54, 1.807) is 0 Å². The maximum Gasteiger partial charge on any atom is 0.227 e. The number of fused-ring (bicyclic) bond motifs is 11. The Labute approximate surface area is 276 Å². The molecule has 0 saturated heterocycles. The first-order valence-corrected chi connectivity index (χ1v) is 16.3. The zero-order valence-corrected chi connectivity index (χ0v) is 26.0. The van der Waals surface area contributed by atoms with E-state index in [0.717, 1.165) is 55.3 Å². The van der Waals surface area contributed by atoms with Crippen LogP contribution >= 0.6 is 0 Å². The second-order valence-electron chi connectivity index (χ2n) is 12.4. The summed E-state index contributed by atoms with van der Waals surface area (Å²) in [6.45, 7) is 0. The molecule has 0 aliphatic rings. The minimum absolute atomic E-state index is 0.632. The Bertz CT molecular complexity index is 2800. The first-order valence-electron chi connectivity index (χ1n) is 16.3. The van der Waals surface area contributed by atoms with Gasteiger partial charge in [0.15, 0.2) is 5.58 Å². The number of benzene rings is 9. The van der Waals surface area contributed by atoms with Crippen LogP contribution < -0.4 is 4.90 Å². The normalized spacial score (nSPS) is 11.8. The monoisotopic (exact) mass is 612 g/mol. The highest BCUT2D eigenvalue weighted by atomic mass is 16.3. The fourth-order valence-electron chi connectivity index (χ4n) is 7.41. The lowest BCUT2D eigenvalue weighted by Gasteiger charge is -2.26. The molecule has 0 N–H and O–H groups in total. The van der Waals surface area contributed by atoms with Gasteiger partial charge in [-0.3, -0.25) is 0 Å². The zero-order chi connectivity index (χ0) is 31.6. The number of oxazole rings is 1. The molecule has 9 aromatic carbocycles. The largest absolute Gasteiger partial charge is 0.435 e. The highest BCUT2D eigenvalue weighted by Crippen LogP contribution is 2.43. The molecule has 224 valence electrons. The topological polar surface area (TPSA) is 29.3 Å². The molecule has 0 bridgehead atoms. The Morgan fingerprint density at radius 2 is 0.917 bits per heavy atom. The number of nitrogens with zero attached hydrogens (tertiary/aromatic N) is 2. The second-order valence-corrected chi connectivity index (χ2v) is 12.4. The molecular weight excluding hydrogens is 585 g/mol. The molecular formula is C45H28N2O. The van der Waals surface area contributed by atoms with Gasteiger partial charge in [-0.25, -0.2) is 4.98 Å². The van der Waals surface area contributed by atoms with E-state index in [1.807, 2.05) is 30.3 Å². The van der Waals surface area contributed by atoms with Crippen LogP contribution in [0.1, 0.15) is 0 Å². The minimum Gasteiger partial charge on any atom is -0.435 e. The summed E-state index contributed by atoms with van der Waals surface area (Å²) in [7, 11) is 0. The summed E-state index contributed by atoms with van der Waals surface area (Å²) in [5, 5.41) is 12.1. The van der Waals surface area contributed by atoms with Crippen LogP contribution in [-0.2, 0) is 0 Å². The summed E-state index contributed by atoms with van der Waals surface area (Å²) in [6.07, 6.45) is 0. The number of anilines is 3. The van der Waals surface area contributed by atoms with Gasteiger partial charge in [0, 0.05) is 28.0 Å². The molecule has 0 spiro atoms. The number of para-hydroxylation sites is 1. The lowest BCUT2D eigenvalue weighted by Crippen LogP contribution is -2.09. The van der Waals surface area contributed by atoms with Gasteiger partial charge < -0.3 is 9.32 Å². The van der Waals surface area contributed by atoms with E-state index in [9.17, 15) is 0 Å². The second kappa shape index (κ2) is 10.5. The molecule has 0 fully saturated rings. The smallest absolute Gasteiger partial charge is 0.227 e. The number of hydrogen-bond acceptors (Lipinski definition) is 3. The maximum atomic E-state index is 6.54. The highest BCUT2D eigenvalue weighted by molar-refractivity contribution is 6.26. The summed E-state index contributed by atoms with van der Waals surface area (Å²) >= 11 is 0. The number of aromatic nitrogens is 1. The molecule has 0 radical (unpaired) electrons. The highest BCUT2D eigenvalue weighted by Gasteiger charge is 2.18. The van der Waals surface area contributed by atoms with Crippen LogP contribution in [0.25, 0.3) is 76.4 Å². The average Bonchev–Trinajstić information content (AvgIpc) is 3.61. The first-order chi connectivity index (χ1) is 23.8. The molecule has 10 rings (SSSR count). The van der Waals surface area contributed by atoms with Gasteiger partial charge in [0.05, 0.1) is 0 Å². The molecule has 3 nitrogen and oxygen atoms in total. The molecule has 0 aliphatic carbocycles. The van der Waals surface area contributed by atoms with Gasteiger partial charge in [0.25, 0.3) is 0 Å². The molecule has 3 heteroatoms. The third-order valence-electron chi connectivity index (χ3n) is 9.62. The Morgan fingerprint density at radius 1 is 0.396 bits per heavy atom. The van der Waals surface area contributed by atoms with Gasteiger partial charge in [-0.05, 0) is 103 Å². The SMILES string of the molecule is c1ccc(-c2nc3ccc4ccc5ccc(N(c6ccccc6)c6ccc7c8ccccc8c8ccccc8c7c6)cc5c4c3o2)cc1. The molecule has 0 aliphatic heterocycles. The standard InChI is InChI=1S/C45H28N2O/c1-3-11-31(12-4-1)45-46-42-26-22-30-20-19-29-21-23-33(27-40(29)43(30)44(42)48-45)47(32-13-5-2-6-14-32)34-24-25-39-37-17-8-7-15-35(37)36-16-9-10-18-38(36)41(39)28-34/h1-28H. The van der Waals surface area contributed by atoms with Crippen molar-refractivity contribution in [2.45, 2.75) is 0 Å². The Morgan fingerprint density at radius 3 is 1.62 bits per heavy atom. The van der Waals surface area contributed by atoms with Crippen molar-refractivity contribution in [1.82, 2.24) is 4.98 Å². The fourth-order valence-corrected chi connectivity index (χ4v) is 7.41. The molecule has 1 aromatic heterocycles. The molecule has 0 unspecified atom stereocenters. The van der Waals surface area contributed by atoms with Crippen molar-refractivity contribution in [3.05, 3.63) is 170 Å². The molecule has 0 atom stereocenters. The van der Waals surface area contributed by atoms with Crippen molar-refractivity contribution in [2.75, 3.05) is 4.90 Å². The average molecular weight is 613 g/mol. The van der Waals surface area contributed by atoms with Crippen molar-refractivity contribution < 1.29 is 4.42 Å². The van der Waals surface area contributed by atoms with Gasteiger partial charge in [-0.1, -0.05) is 115 Å². The van der Waals surface area contributed by atoms with Gasteiger partial charge >= 0.3 is 0 Å². The van der Waals surface area contributed by atoms with Crippen LogP contribution in [0.3, 0.4) is 0 Å². The van der Waals surface area contributed by atoms with Crippen molar-refractivity contribution in [3.8, 4) is 11.5 Å². The predicted molar refractivity (Wildman–Crippen MR) is 202 cm³/mol. The summed E-state index contributed by atoms with van der Waals surface area (Å²) in [5.41, 5.74) is 5.90. The van der Waals surface area contributed by atoms with E-state index in [1.165, 1.54) is 32.3 Å². The lowest BCUT2D eigenvalue weighted by atomic mass is 9.94. The van der Waals surface area contributed by atoms with Crippen LogP contribution in [0.15, 0.2) is 174 Å². The van der Waals surface area contributed by atoms with Crippen molar-refractivity contribution in [2.24, 2.45) is 0 Å². The molecule has 48 heavy (non-hydrogen) atoms. The molecule has 0 saturated carbocycles. The Balaban J connectivity index is 1.23. The van der Waals surface area contributed by atoms with E-state index < -0.39 is 0 Å². The molecule has 1 heterocycles. The van der Waals surface area contributed by atoms with Gasteiger partial charge in [0.2, 0.25) is 5.89 Å². The summed E-state index contributed by atoms with van der Waals surface area (Å²) in [5.74, 6) is 0.632. The number of hydrogen-bond donors (Lipinski definition) is 0. The minimum atomic E-state index is 0.632. The van der Waals surface area contributed by atoms with Crippen molar-refractivity contribution in [3.63, 3.8) is 0 Å². The van der Waals surface area contributed by atoms with Crippen LogP contribution in [-0.4, -0.2) is 4.98 Å². The zero-order valence-electron chi connectivity index (χ0n) is 26.0. The lowest BCUT2D eigenvalue weighted by molar-refractivity contribution is 0.623. The van der Waals surface area contributed by atoms with Gasteiger partial charge in [-0.2, -0.15) is 0 Å². The van der Waals surface area contributed by atoms with Crippen LogP contribution in [0, 0.1) is 0 Å². The first kappa shape index (κ1) is 26.7. The summed E-state index contributed by atoms with van der Waals surface area (Å²) < 4.78 is 6.54. The maximum absolute atomic E-state index is 6.54. The van der Waals surface area contributed by atoms with Gasteiger partial charge in [-0.15, -0.1) is 0 Å². The third-order valence-corrected chi connectivity index (χ3v) is 9.62. The molecule has 0 amide bonds. The summed E-state index contributed by atoms with van der Waals surface area (Å²) in [4.78, 5) is 7.25. The van der Waals surface area contributed by atoms with Crippen LogP contribution in [0.2, 0.25) is 0 Å². The van der Waals surface area contributed by atoms with Gasteiger partial charge in [0.1, 0.15) is 5.52 Å². The van der Waals surface area contributed by atoms with Crippen LogP contribution in [0.5, 0.6) is 0 Å². The van der Waals surface area contributed by atoms with E-state index in [4.69, 9.17) is 9.40 Å². The fraction of sp³-hybridized carbons (Fsp3) is 0. The van der Waals surface area contributed by atoms with Crippen molar-refractivity contribution >= 4 is 82.0 Å². The number of rotatable bonds is 4. The predicted octanol–water partition coefficient (Wildman–Crippen LogP) is 12.7. The van der Waals surface area contributed by atoms with Crippen molar-refractivity contribution in [1.29, 1.82) is 0 Å². The van der Waals surface area contributed by atoms with E-state index >= 15 is 0 Å². The molecule has 10 aromatic rings. The van der Waals surface area contributed by atoms with E-state index in [0.29, 0.717) is 5.89 Å². The summed E-state index contributed by atoms with van der Waals surface area (Å²) in [6, 6.07) is 60.4. The quantitative estimate of drug-likeness (QED) is 0.185.